The zero-order valence-electron chi connectivity index (χ0n) is 10.3. The lowest BCUT2D eigenvalue weighted by Gasteiger charge is -2.26. The first kappa shape index (κ1) is 13.4. The van der Waals surface area contributed by atoms with Crippen molar-refractivity contribution in [2.45, 2.75) is 45.3 Å². The van der Waals surface area contributed by atoms with Gasteiger partial charge in [0.2, 0.25) is 6.29 Å². The summed E-state index contributed by atoms with van der Waals surface area (Å²) in [7, 11) is 0. The van der Waals surface area contributed by atoms with Gasteiger partial charge in [-0.05, 0) is 33.6 Å². The Morgan fingerprint density at radius 3 is 2.65 bits per heavy atom. The first-order chi connectivity index (χ1) is 7.89. The van der Waals surface area contributed by atoms with Crippen LogP contribution < -0.4 is 0 Å². The van der Waals surface area contributed by atoms with Crippen LogP contribution in [0.2, 0.25) is 0 Å². The van der Waals surface area contributed by atoms with Gasteiger partial charge in [-0.1, -0.05) is 0 Å². The molecule has 0 aromatic rings. The second kappa shape index (κ2) is 5.10. The van der Waals surface area contributed by atoms with E-state index in [1.54, 1.807) is 20.8 Å². The lowest BCUT2D eigenvalue weighted by Crippen LogP contribution is -2.44. The highest BCUT2D eigenvalue weighted by Gasteiger charge is 2.39. The van der Waals surface area contributed by atoms with Crippen molar-refractivity contribution in [3.05, 3.63) is 5.53 Å². The van der Waals surface area contributed by atoms with Gasteiger partial charge in [-0.25, -0.2) is 4.79 Å². The fourth-order valence-electron chi connectivity index (χ4n) is 1.78. The zero-order chi connectivity index (χ0) is 13.1. The Hall–Kier alpha value is -1.68. The van der Waals surface area contributed by atoms with Gasteiger partial charge in [0, 0.05) is 6.54 Å². The van der Waals surface area contributed by atoms with Gasteiger partial charge in [0.25, 0.3) is 0 Å². The van der Waals surface area contributed by atoms with Crippen molar-refractivity contribution < 1.29 is 19.1 Å². The van der Waals surface area contributed by atoms with Crippen molar-refractivity contribution in [3.8, 4) is 0 Å². The molecule has 6 nitrogen and oxygen atoms in total. The van der Waals surface area contributed by atoms with Crippen LogP contribution in [0.1, 0.15) is 33.6 Å². The van der Waals surface area contributed by atoms with E-state index < -0.39 is 17.7 Å². The van der Waals surface area contributed by atoms with E-state index in [0.29, 0.717) is 19.3 Å². The number of ether oxygens (including phenoxy) is 1. The van der Waals surface area contributed by atoms with Gasteiger partial charge in [-0.2, -0.15) is 4.79 Å². The van der Waals surface area contributed by atoms with E-state index in [2.05, 4.69) is 4.79 Å². The van der Waals surface area contributed by atoms with E-state index in [0.717, 1.165) is 6.42 Å². The number of rotatable bonds is 2. The number of aldehydes is 1. The standard InChI is InChI=1S/C11H17N3O3/c1-11(2,3)17-10(16)14-6-4-5-9(14)8(7-15)13-12/h7,9H,4-6H2,1-3H3. The SMILES string of the molecule is CC(C)(C)OC(=O)N1CCCC1C(C=O)=[N+]=[N-]. The molecule has 0 saturated carbocycles. The number of likely N-dealkylation sites (tertiary alicyclic amines) is 1. The van der Waals surface area contributed by atoms with Gasteiger partial charge in [0.1, 0.15) is 11.6 Å². The van der Waals surface area contributed by atoms with E-state index in [4.69, 9.17) is 10.3 Å². The summed E-state index contributed by atoms with van der Waals surface area (Å²) < 4.78 is 5.23. The van der Waals surface area contributed by atoms with E-state index in [1.165, 1.54) is 4.90 Å². The monoisotopic (exact) mass is 239 g/mol. The van der Waals surface area contributed by atoms with Gasteiger partial charge < -0.3 is 10.3 Å². The van der Waals surface area contributed by atoms with Crippen molar-refractivity contribution in [3.63, 3.8) is 0 Å². The van der Waals surface area contributed by atoms with Gasteiger partial charge >= 0.3 is 11.8 Å². The molecule has 0 aliphatic carbocycles. The molecule has 94 valence electrons. The van der Waals surface area contributed by atoms with Crippen molar-refractivity contribution in [1.82, 2.24) is 4.90 Å². The van der Waals surface area contributed by atoms with Crippen LogP contribution in [0.4, 0.5) is 4.79 Å². The number of nitrogens with zero attached hydrogens (tertiary/aromatic N) is 3. The number of hydrogen-bond acceptors (Lipinski definition) is 3. The van der Waals surface area contributed by atoms with Crippen molar-refractivity contribution in [2.24, 2.45) is 0 Å². The third-order valence-corrected chi connectivity index (χ3v) is 2.46. The number of carbonyl (C=O) groups is 2. The summed E-state index contributed by atoms with van der Waals surface area (Å²) in [6, 6.07) is -0.479. The third-order valence-electron chi connectivity index (χ3n) is 2.46. The van der Waals surface area contributed by atoms with Crippen LogP contribution in [0.25, 0.3) is 5.53 Å². The highest BCUT2D eigenvalue weighted by molar-refractivity contribution is 6.28. The molecule has 1 aliphatic heterocycles. The van der Waals surface area contributed by atoms with E-state index >= 15 is 0 Å². The third kappa shape index (κ3) is 3.39. The molecule has 1 unspecified atom stereocenters. The average molecular weight is 239 g/mol. The highest BCUT2D eigenvalue weighted by atomic mass is 16.6. The lowest BCUT2D eigenvalue weighted by molar-refractivity contribution is -0.107. The molecule has 1 saturated heterocycles. The normalized spacial score (nSPS) is 19.7. The van der Waals surface area contributed by atoms with Crippen LogP contribution >= 0.6 is 0 Å². The van der Waals surface area contributed by atoms with E-state index in [-0.39, 0.29) is 5.71 Å². The Kier molecular flexibility index (Phi) is 4.02. The fourth-order valence-corrected chi connectivity index (χ4v) is 1.78. The predicted octanol–water partition coefficient (Wildman–Crippen LogP) is 1.26. The Balaban J connectivity index is 2.79. The van der Waals surface area contributed by atoms with Crippen LogP contribution in [0.15, 0.2) is 0 Å². The maximum absolute atomic E-state index is 11.9. The molecule has 17 heavy (non-hydrogen) atoms. The summed E-state index contributed by atoms with van der Waals surface area (Å²) in [6.07, 6.45) is 1.35. The molecule has 0 spiro atoms. The average Bonchev–Trinajstić information content (AvgIpc) is 2.66. The van der Waals surface area contributed by atoms with E-state index in [1.807, 2.05) is 0 Å². The largest absolute Gasteiger partial charge is 0.444 e. The molecule has 6 heteroatoms. The number of hydrogen-bond donors (Lipinski definition) is 0. The summed E-state index contributed by atoms with van der Waals surface area (Å²) >= 11 is 0. The van der Waals surface area contributed by atoms with Gasteiger partial charge in [-0.3, -0.25) is 9.69 Å². The molecular weight excluding hydrogens is 222 g/mol. The summed E-state index contributed by atoms with van der Waals surface area (Å²) in [4.78, 5) is 26.9. The molecule has 1 aliphatic rings. The van der Waals surface area contributed by atoms with Gasteiger partial charge in [-0.15, -0.1) is 0 Å². The molecule has 1 amide bonds. The first-order valence-corrected chi connectivity index (χ1v) is 5.56. The summed E-state index contributed by atoms with van der Waals surface area (Å²) in [6.45, 7) is 5.83. The van der Waals surface area contributed by atoms with Crippen molar-refractivity contribution in [2.75, 3.05) is 6.54 Å². The van der Waals surface area contributed by atoms with Crippen LogP contribution in [0.5, 0.6) is 0 Å². The number of amides is 1. The minimum Gasteiger partial charge on any atom is -0.444 e. The Bertz CT molecular complexity index is 367. The maximum atomic E-state index is 11.9. The minimum absolute atomic E-state index is 0.0339. The molecule has 1 atom stereocenters. The molecule has 0 bridgehead atoms. The molecule has 0 radical (unpaired) electrons. The van der Waals surface area contributed by atoms with Crippen LogP contribution in [-0.4, -0.2) is 46.0 Å². The topological polar surface area (TPSA) is 83.0 Å². The number of carbonyl (C=O) groups excluding carboxylic acids is 2. The van der Waals surface area contributed by atoms with Crippen molar-refractivity contribution >= 4 is 18.1 Å². The summed E-state index contributed by atoms with van der Waals surface area (Å²) in [5, 5.41) is 0. The fraction of sp³-hybridized carbons (Fsp3) is 0.727. The lowest BCUT2D eigenvalue weighted by atomic mass is 10.1. The second-order valence-electron chi connectivity index (χ2n) is 4.97. The first-order valence-electron chi connectivity index (χ1n) is 5.56. The van der Waals surface area contributed by atoms with Gasteiger partial charge in [0.05, 0.1) is 0 Å². The van der Waals surface area contributed by atoms with Crippen LogP contribution in [0, 0.1) is 0 Å². The van der Waals surface area contributed by atoms with Crippen LogP contribution in [0.3, 0.4) is 0 Å². The van der Waals surface area contributed by atoms with Gasteiger partial charge in [0.15, 0.2) is 0 Å². The Labute approximate surface area is 100 Å². The zero-order valence-corrected chi connectivity index (χ0v) is 10.3. The molecule has 1 fully saturated rings. The predicted molar refractivity (Wildman–Crippen MR) is 60.7 cm³/mol. The Morgan fingerprint density at radius 2 is 2.18 bits per heavy atom. The molecule has 1 heterocycles. The summed E-state index contributed by atoms with van der Waals surface area (Å²) in [5.74, 6) is 0. The van der Waals surface area contributed by atoms with Crippen LogP contribution in [-0.2, 0) is 9.53 Å². The molecule has 1 rings (SSSR count). The van der Waals surface area contributed by atoms with E-state index in [9.17, 15) is 9.59 Å². The quantitative estimate of drug-likeness (QED) is 0.315. The molecule has 0 aromatic carbocycles. The van der Waals surface area contributed by atoms with Crippen molar-refractivity contribution in [1.29, 1.82) is 0 Å². The maximum Gasteiger partial charge on any atom is 0.411 e. The second-order valence-corrected chi connectivity index (χ2v) is 4.97. The smallest absolute Gasteiger partial charge is 0.411 e. The molecule has 0 N–H and O–H groups in total. The Morgan fingerprint density at radius 1 is 1.53 bits per heavy atom. The molecular formula is C11H17N3O3. The molecule has 0 aromatic heterocycles. The minimum atomic E-state index is -0.581. The highest BCUT2D eigenvalue weighted by Crippen LogP contribution is 2.20. The summed E-state index contributed by atoms with van der Waals surface area (Å²) in [5.41, 5.74) is 8.08.